The van der Waals surface area contributed by atoms with E-state index in [4.69, 9.17) is 21.6 Å². The molecule has 3 aromatic rings. The Morgan fingerprint density at radius 3 is 2.51 bits per heavy atom. The minimum Gasteiger partial charge on any atom is -0.369 e. The summed E-state index contributed by atoms with van der Waals surface area (Å²) in [5, 5.41) is 0.562. The van der Waals surface area contributed by atoms with Gasteiger partial charge in [0.05, 0.1) is 37.9 Å². The molecule has 0 amide bonds. The van der Waals surface area contributed by atoms with E-state index in [0.29, 0.717) is 16.8 Å². The molecule has 6 nitrogen and oxygen atoms in total. The van der Waals surface area contributed by atoms with E-state index in [0.717, 1.165) is 60.6 Å². The highest BCUT2D eigenvalue weighted by Gasteiger charge is 2.38. The van der Waals surface area contributed by atoms with Crippen LogP contribution in [0.1, 0.15) is 18.5 Å². The molecule has 5 rings (SSSR count). The zero-order chi connectivity index (χ0) is 26.3. The first-order valence-corrected chi connectivity index (χ1v) is 13.7. The molecule has 1 unspecified atom stereocenters. The quantitative estimate of drug-likeness (QED) is 0.313. The zero-order valence-electron chi connectivity index (χ0n) is 21.6. The molecule has 0 aliphatic carbocycles. The van der Waals surface area contributed by atoms with Gasteiger partial charge in [0.2, 0.25) is 5.82 Å². The first kappa shape index (κ1) is 26.2. The van der Waals surface area contributed by atoms with Gasteiger partial charge in [-0.1, -0.05) is 29.4 Å². The van der Waals surface area contributed by atoms with Crippen LogP contribution in [0.3, 0.4) is 0 Å². The summed E-state index contributed by atoms with van der Waals surface area (Å²) in [4.78, 5) is 17.6. The number of piperazine rings is 1. The molecule has 0 bridgehead atoms. The van der Waals surface area contributed by atoms with Gasteiger partial charge in [0, 0.05) is 42.3 Å². The Balaban J connectivity index is 1.46. The fraction of sp³-hybridized carbons (Fsp3) is 0.407. The highest BCUT2D eigenvalue weighted by Crippen LogP contribution is 2.41. The van der Waals surface area contributed by atoms with Crippen molar-refractivity contribution in [2.45, 2.75) is 22.9 Å². The lowest BCUT2D eigenvalue weighted by Crippen LogP contribution is -2.52. The van der Waals surface area contributed by atoms with Crippen LogP contribution in [0.4, 0.5) is 26.1 Å². The predicted molar refractivity (Wildman–Crippen MR) is 148 cm³/mol. The molecule has 1 atom stereocenters. The van der Waals surface area contributed by atoms with Crippen molar-refractivity contribution >= 4 is 40.7 Å². The zero-order valence-corrected chi connectivity index (χ0v) is 23.2. The van der Waals surface area contributed by atoms with Crippen molar-refractivity contribution in [1.82, 2.24) is 19.4 Å². The number of fused-ring (bicyclic) bond motifs is 1. The van der Waals surface area contributed by atoms with E-state index in [2.05, 4.69) is 55.2 Å². The van der Waals surface area contributed by atoms with Gasteiger partial charge in [0.1, 0.15) is 23.2 Å². The Morgan fingerprint density at radius 1 is 1.03 bits per heavy atom. The second kappa shape index (κ2) is 10.4. The Kier molecular flexibility index (Phi) is 7.33. The number of benzene rings is 2. The molecule has 10 heteroatoms. The number of likely N-dealkylation sites (N-methyl/N-ethyl adjacent to an activating group) is 2. The van der Waals surface area contributed by atoms with E-state index < -0.39 is 17.7 Å². The summed E-state index contributed by atoms with van der Waals surface area (Å²) in [6.07, 6.45) is 1.80. The predicted octanol–water partition coefficient (Wildman–Crippen LogP) is 5.46. The topological polar surface area (TPSA) is 35.5 Å². The number of anilines is 2. The van der Waals surface area contributed by atoms with Crippen LogP contribution >= 0.6 is 23.4 Å². The van der Waals surface area contributed by atoms with Crippen LogP contribution in [0.15, 0.2) is 52.5 Å². The van der Waals surface area contributed by atoms with Crippen LogP contribution in [0.25, 0.3) is 0 Å². The molecule has 3 heterocycles. The van der Waals surface area contributed by atoms with Crippen molar-refractivity contribution in [3.05, 3.63) is 64.8 Å². The average Bonchev–Trinajstić information content (AvgIpc) is 2.87. The van der Waals surface area contributed by atoms with Crippen LogP contribution in [0.2, 0.25) is 5.02 Å². The van der Waals surface area contributed by atoms with Gasteiger partial charge in [-0.25, -0.2) is 13.8 Å². The maximum Gasteiger partial charge on any atom is 0.270 e. The molecule has 0 N–H and O–H groups in total. The van der Waals surface area contributed by atoms with Crippen LogP contribution in [-0.4, -0.2) is 75.3 Å². The van der Waals surface area contributed by atoms with Crippen molar-refractivity contribution in [3.8, 4) is 0 Å². The minimum atomic E-state index is -0.631. The molecule has 0 radical (unpaired) electrons. The van der Waals surface area contributed by atoms with E-state index in [1.165, 1.54) is 5.69 Å². The summed E-state index contributed by atoms with van der Waals surface area (Å²) in [5.74, 6) is 0.304. The average molecular weight is 546 g/mol. The molecule has 2 aromatic carbocycles. The maximum atomic E-state index is 14.8. The van der Waals surface area contributed by atoms with Gasteiger partial charge >= 0.3 is 0 Å². The third-order valence-electron chi connectivity index (χ3n) is 7.33. The van der Waals surface area contributed by atoms with Gasteiger partial charge in [-0.05, 0) is 44.3 Å². The highest BCUT2D eigenvalue weighted by molar-refractivity contribution is 7.99. The number of halogens is 3. The molecule has 196 valence electrons. The van der Waals surface area contributed by atoms with Crippen LogP contribution in [0.5, 0.6) is 0 Å². The Morgan fingerprint density at radius 2 is 1.76 bits per heavy atom. The molecule has 37 heavy (non-hydrogen) atoms. The van der Waals surface area contributed by atoms with E-state index in [1.807, 2.05) is 11.8 Å². The highest BCUT2D eigenvalue weighted by atomic mass is 35.5. The molecule has 0 spiro atoms. The van der Waals surface area contributed by atoms with E-state index >= 15 is 0 Å². The van der Waals surface area contributed by atoms with Gasteiger partial charge < -0.3 is 14.7 Å². The van der Waals surface area contributed by atoms with Gasteiger partial charge in [-0.2, -0.15) is 4.98 Å². The summed E-state index contributed by atoms with van der Waals surface area (Å²) in [7, 11) is 6.31. The monoisotopic (exact) mass is 545 g/mol. The smallest absolute Gasteiger partial charge is 0.270 e. The summed E-state index contributed by atoms with van der Waals surface area (Å²) < 4.78 is 29.6. The molecular weight excluding hydrogens is 514 g/mol. The summed E-state index contributed by atoms with van der Waals surface area (Å²) >= 11 is 7.78. The number of nitrogens with zero attached hydrogens (tertiary/aromatic N) is 6. The summed E-state index contributed by atoms with van der Waals surface area (Å²) in [5.41, 5.74) is 1.34. The van der Waals surface area contributed by atoms with Crippen molar-refractivity contribution in [1.29, 1.82) is 0 Å². The van der Waals surface area contributed by atoms with Crippen LogP contribution < -0.4 is 14.3 Å². The lowest BCUT2D eigenvalue weighted by atomic mass is 10.0. The molecule has 1 saturated heterocycles. The number of rotatable bonds is 5. The molecular formula is C27H32ClF2N6S+. The molecule has 1 aromatic heterocycles. The second-order valence-corrected chi connectivity index (χ2v) is 11.8. The standard InChI is InChI=1S/C27H32ClF2N6S/c1-18(24-21(29)8-9-22(30)25(24)28)35-14-15-36(3,4)27-26(35)32-23(17-31-27)37-20-7-5-6-19(16-20)34-12-10-33(2)11-13-34/h5-9,16-18H,10-15H2,1-4H3/q+1. The third-order valence-corrected chi connectivity index (χ3v) is 8.61. The molecule has 1 fully saturated rings. The Hall–Kier alpha value is -2.46. The van der Waals surface area contributed by atoms with Crippen molar-refractivity contribution in [3.63, 3.8) is 0 Å². The number of quaternary nitrogens is 1. The third kappa shape index (κ3) is 5.27. The maximum absolute atomic E-state index is 14.8. The first-order valence-electron chi connectivity index (χ1n) is 12.5. The van der Waals surface area contributed by atoms with Gasteiger partial charge in [-0.15, -0.1) is 0 Å². The number of hydrogen-bond donors (Lipinski definition) is 0. The lowest BCUT2D eigenvalue weighted by molar-refractivity contribution is 0.313. The fourth-order valence-corrected chi connectivity index (χ4v) is 6.10. The Bertz CT molecular complexity index is 1300. The lowest BCUT2D eigenvalue weighted by Gasteiger charge is -2.41. The number of aromatic nitrogens is 2. The van der Waals surface area contributed by atoms with Crippen LogP contribution in [0, 0.1) is 11.6 Å². The van der Waals surface area contributed by atoms with Crippen molar-refractivity contribution in [2.75, 3.05) is 70.2 Å². The van der Waals surface area contributed by atoms with Crippen molar-refractivity contribution in [2.24, 2.45) is 0 Å². The molecule has 2 aliphatic heterocycles. The number of hydrogen-bond acceptors (Lipinski definition) is 6. The summed E-state index contributed by atoms with van der Waals surface area (Å²) in [6.45, 7) is 7.29. The Labute approximate surface area is 226 Å². The minimum absolute atomic E-state index is 0.138. The SMILES string of the molecule is CC(c1c(F)ccc(F)c1Cl)N1CC[N+](C)(C)c2ncc(Sc3cccc(N4CCN(C)CC4)c3)nc21. The fourth-order valence-electron chi connectivity index (χ4n) is 4.98. The first-order chi connectivity index (χ1) is 17.6. The van der Waals surface area contributed by atoms with E-state index in [-0.39, 0.29) is 10.6 Å². The van der Waals surface area contributed by atoms with Crippen LogP contribution in [-0.2, 0) is 0 Å². The van der Waals surface area contributed by atoms with E-state index in [1.54, 1.807) is 18.0 Å². The largest absolute Gasteiger partial charge is 0.369 e. The van der Waals surface area contributed by atoms with E-state index in [9.17, 15) is 8.78 Å². The normalized spacial score (nSPS) is 18.6. The van der Waals surface area contributed by atoms with Gasteiger partial charge in [-0.3, -0.25) is 4.48 Å². The molecule has 0 saturated carbocycles. The van der Waals surface area contributed by atoms with Crippen molar-refractivity contribution < 1.29 is 8.78 Å². The molecule has 2 aliphatic rings. The van der Waals surface area contributed by atoms with Gasteiger partial charge in [0.15, 0.2) is 0 Å². The van der Waals surface area contributed by atoms with Gasteiger partial charge in [0.25, 0.3) is 5.82 Å². The summed E-state index contributed by atoms with van der Waals surface area (Å²) in [6, 6.07) is 10.2. The second-order valence-electron chi connectivity index (χ2n) is 10.3.